The van der Waals surface area contributed by atoms with Gasteiger partial charge in [0.25, 0.3) is 5.97 Å². The van der Waals surface area contributed by atoms with E-state index in [-0.39, 0.29) is 0 Å². The molecule has 0 saturated heterocycles. The monoisotopic (exact) mass is 184 g/mol. The second-order valence-corrected chi connectivity index (χ2v) is 3.00. The SMILES string of the molecule is CC(=O)O.Cc1ccccc1P. The van der Waals surface area contributed by atoms with Crippen molar-refractivity contribution in [3.05, 3.63) is 29.8 Å². The summed E-state index contributed by atoms with van der Waals surface area (Å²) in [5.74, 6) is -0.833. The maximum absolute atomic E-state index is 9.00. The van der Waals surface area contributed by atoms with E-state index in [0.717, 1.165) is 6.92 Å². The second kappa shape index (κ2) is 5.73. The molecule has 1 unspecified atom stereocenters. The Bertz CT molecular complexity index is 233. The molecule has 66 valence electrons. The van der Waals surface area contributed by atoms with E-state index in [9.17, 15) is 0 Å². The summed E-state index contributed by atoms with van der Waals surface area (Å²) in [4.78, 5) is 9.00. The number of aliphatic carboxylic acids is 1. The van der Waals surface area contributed by atoms with Gasteiger partial charge >= 0.3 is 0 Å². The first-order valence-corrected chi connectivity index (χ1v) is 4.12. The Balaban J connectivity index is 0.000000261. The predicted molar refractivity (Wildman–Crippen MR) is 53.8 cm³/mol. The normalized spacial score (nSPS) is 8.25. The van der Waals surface area contributed by atoms with Crippen molar-refractivity contribution in [1.82, 2.24) is 0 Å². The van der Waals surface area contributed by atoms with Gasteiger partial charge in [-0.05, 0) is 17.8 Å². The zero-order chi connectivity index (χ0) is 9.56. The van der Waals surface area contributed by atoms with Crippen LogP contribution < -0.4 is 5.30 Å². The number of rotatable bonds is 0. The molecule has 1 atom stereocenters. The molecule has 0 saturated carbocycles. The molecule has 2 nitrogen and oxygen atoms in total. The summed E-state index contributed by atoms with van der Waals surface area (Å²) in [6.45, 7) is 3.18. The van der Waals surface area contributed by atoms with E-state index in [1.807, 2.05) is 12.1 Å². The van der Waals surface area contributed by atoms with Crippen LogP contribution in [-0.4, -0.2) is 11.1 Å². The zero-order valence-corrected chi connectivity index (χ0v) is 8.40. The van der Waals surface area contributed by atoms with Crippen LogP contribution in [0.2, 0.25) is 0 Å². The Hall–Kier alpha value is -0.880. The molecule has 0 spiro atoms. The molecule has 1 rings (SSSR count). The molecule has 1 aromatic carbocycles. The number of hydrogen-bond acceptors (Lipinski definition) is 1. The minimum Gasteiger partial charge on any atom is -0.481 e. The lowest BCUT2D eigenvalue weighted by Crippen LogP contribution is -1.92. The number of hydrogen-bond donors (Lipinski definition) is 1. The van der Waals surface area contributed by atoms with Crippen molar-refractivity contribution in [3.63, 3.8) is 0 Å². The third-order valence-corrected chi connectivity index (χ3v) is 1.84. The van der Waals surface area contributed by atoms with Crippen molar-refractivity contribution in [2.75, 3.05) is 0 Å². The van der Waals surface area contributed by atoms with E-state index in [0.29, 0.717) is 0 Å². The number of aryl methyl sites for hydroxylation is 1. The topological polar surface area (TPSA) is 37.3 Å². The lowest BCUT2D eigenvalue weighted by atomic mass is 10.2. The van der Waals surface area contributed by atoms with E-state index < -0.39 is 5.97 Å². The summed E-state index contributed by atoms with van der Waals surface area (Å²) >= 11 is 0. The summed E-state index contributed by atoms with van der Waals surface area (Å²) in [5.41, 5.74) is 1.33. The van der Waals surface area contributed by atoms with Gasteiger partial charge in [-0.3, -0.25) is 4.79 Å². The highest BCUT2D eigenvalue weighted by Gasteiger charge is 1.84. The summed E-state index contributed by atoms with van der Waals surface area (Å²) in [7, 11) is 2.69. The molecule has 0 aliphatic carbocycles. The Kier molecular flexibility index (Phi) is 5.31. The number of benzene rings is 1. The van der Waals surface area contributed by atoms with Gasteiger partial charge in [0.15, 0.2) is 0 Å². The smallest absolute Gasteiger partial charge is 0.300 e. The van der Waals surface area contributed by atoms with Crippen LogP contribution in [0.5, 0.6) is 0 Å². The van der Waals surface area contributed by atoms with Crippen LogP contribution in [0, 0.1) is 6.92 Å². The fraction of sp³-hybridized carbons (Fsp3) is 0.222. The predicted octanol–water partition coefficient (Wildman–Crippen LogP) is 1.59. The largest absolute Gasteiger partial charge is 0.481 e. The molecule has 0 fully saturated rings. The standard InChI is InChI=1S/C7H9P.C2H4O2/c1-6-4-2-3-5-7(6)8;1-2(3)4/h2-5H,8H2,1H3;1H3,(H,3,4). The van der Waals surface area contributed by atoms with Gasteiger partial charge in [0.05, 0.1) is 0 Å². The molecule has 0 amide bonds. The van der Waals surface area contributed by atoms with E-state index >= 15 is 0 Å². The first-order chi connectivity index (χ1) is 5.54. The summed E-state index contributed by atoms with van der Waals surface area (Å²) in [5, 5.41) is 8.70. The van der Waals surface area contributed by atoms with Crippen molar-refractivity contribution < 1.29 is 9.90 Å². The molecule has 0 bridgehead atoms. The summed E-state index contributed by atoms with van der Waals surface area (Å²) < 4.78 is 0. The molecule has 1 aromatic rings. The Morgan fingerprint density at radius 3 is 2.08 bits per heavy atom. The average molecular weight is 184 g/mol. The third kappa shape index (κ3) is 5.87. The molecular weight excluding hydrogens is 171 g/mol. The molecule has 0 radical (unpaired) electrons. The van der Waals surface area contributed by atoms with Gasteiger partial charge in [0, 0.05) is 6.92 Å². The summed E-state index contributed by atoms with van der Waals surface area (Å²) in [6.07, 6.45) is 0. The van der Waals surface area contributed by atoms with Gasteiger partial charge in [0.1, 0.15) is 0 Å². The minimum atomic E-state index is -0.833. The second-order valence-electron chi connectivity index (χ2n) is 2.38. The van der Waals surface area contributed by atoms with Crippen LogP contribution in [0.1, 0.15) is 12.5 Å². The lowest BCUT2D eigenvalue weighted by molar-refractivity contribution is -0.134. The quantitative estimate of drug-likeness (QED) is 0.621. The van der Waals surface area contributed by atoms with Gasteiger partial charge in [-0.2, -0.15) is 0 Å². The summed E-state index contributed by atoms with van der Waals surface area (Å²) in [6, 6.07) is 8.26. The minimum absolute atomic E-state index is 0.833. The molecule has 12 heavy (non-hydrogen) atoms. The Morgan fingerprint density at radius 2 is 1.83 bits per heavy atom. The maximum atomic E-state index is 9.00. The van der Waals surface area contributed by atoms with Crippen molar-refractivity contribution in [1.29, 1.82) is 0 Å². The van der Waals surface area contributed by atoms with Crippen molar-refractivity contribution in [3.8, 4) is 0 Å². The maximum Gasteiger partial charge on any atom is 0.300 e. The van der Waals surface area contributed by atoms with E-state index in [1.54, 1.807) is 0 Å². The van der Waals surface area contributed by atoms with Crippen LogP contribution in [0.4, 0.5) is 0 Å². The molecular formula is C9H13O2P. The van der Waals surface area contributed by atoms with E-state index in [4.69, 9.17) is 9.90 Å². The van der Waals surface area contributed by atoms with Crippen molar-refractivity contribution >= 4 is 20.5 Å². The Morgan fingerprint density at radius 1 is 1.42 bits per heavy atom. The van der Waals surface area contributed by atoms with Crippen LogP contribution >= 0.6 is 9.24 Å². The third-order valence-electron chi connectivity index (χ3n) is 1.19. The fourth-order valence-electron chi connectivity index (χ4n) is 0.587. The van der Waals surface area contributed by atoms with Gasteiger partial charge in [-0.1, -0.05) is 24.3 Å². The highest BCUT2D eigenvalue weighted by atomic mass is 31.0. The molecule has 0 aliphatic rings. The first kappa shape index (κ1) is 11.1. The van der Waals surface area contributed by atoms with Gasteiger partial charge < -0.3 is 5.11 Å². The van der Waals surface area contributed by atoms with Crippen molar-refractivity contribution in [2.24, 2.45) is 0 Å². The van der Waals surface area contributed by atoms with E-state index in [1.165, 1.54) is 10.9 Å². The molecule has 0 heterocycles. The van der Waals surface area contributed by atoms with Gasteiger partial charge in [0.2, 0.25) is 0 Å². The average Bonchev–Trinajstić information content (AvgIpc) is 1.94. The van der Waals surface area contributed by atoms with Gasteiger partial charge in [-0.25, -0.2) is 0 Å². The van der Waals surface area contributed by atoms with Crippen LogP contribution in [-0.2, 0) is 4.79 Å². The molecule has 0 aromatic heterocycles. The molecule has 0 aliphatic heterocycles. The lowest BCUT2D eigenvalue weighted by Gasteiger charge is -1.93. The van der Waals surface area contributed by atoms with Gasteiger partial charge in [-0.15, -0.1) is 9.24 Å². The van der Waals surface area contributed by atoms with Crippen LogP contribution in [0.15, 0.2) is 24.3 Å². The highest BCUT2D eigenvalue weighted by molar-refractivity contribution is 7.27. The fourth-order valence-corrected chi connectivity index (χ4v) is 0.794. The number of carbonyl (C=O) groups is 1. The molecule has 1 N–H and O–H groups in total. The number of carboxylic acids is 1. The zero-order valence-electron chi connectivity index (χ0n) is 7.24. The van der Waals surface area contributed by atoms with Crippen LogP contribution in [0.3, 0.4) is 0 Å². The number of carboxylic acid groups (broad SMARTS) is 1. The van der Waals surface area contributed by atoms with Crippen molar-refractivity contribution in [2.45, 2.75) is 13.8 Å². The van der Waals surface area contributed by atoms with Crippen LogP contribution in [0.25, 0.3) is 0 Å². The first-order valence-electron chi connectivity index (χ1n) is 3.54. The van der Waals surface area contributed by atoms with E-state index in [2.05, 4.69) is 28.3 Å². The highest BCUT2D eigenvalue weighted by Crippen LogP contribution is 1.96. The Labute approximate surface area is 74.8 Å². The molecule has 3 heteroatoms.